The Balaban J connectivity index is 2.77. The van der Waals surface area contributed by atoms with Crippen molar-refractivity contribution in [2.24, 2.45) is 0 Å². The van der Waals surface area contributed by atoms with E-state index in [2.05, 4.69) is 24.6 Å². The minimum absolute atomic E-state index is 0.707. The standard InChI is InChI=1S/C8H15NOSSi/c1-5-10-8-9-6-7(11-8)12(2,3)4/h6H,5H2,1-4H3. The molecule has 0 aliphatic heterocycles. The SMILES string of the molecule is CCOc1ncc([Si](C)(C)C)s1. The van der Waals surface area contributed by atoms with E-state index < -0.39 is 8.07 Å². The molecule has 0 aromatic carbocycles. The lowest BCUT2D eigenvalue weighted by Gasteiger charge is -2.10. The zero-order valence-electron chi connectivity index (χ0n) is 8.05. The summed E-state index contributed by atoms with van der Waals surface area (Å²) in [6, 6.07) is 0. The number of hydrogen-bond acceptors (Lipinski definition) is 3. The average Bonchev–Trinajstić information content (AvgIpc) is 2.35. The predicted octanol–water partition coefficient (Wildman–Crippen LogP) is 2.09. The summed E-state index contributed by atoms with van der Waals surface area (Å²) in [5.74, 6) is 0. The normalized spacial score (nSPS) is 11.7. The minimum atomic E-state index is -1.17. The Bertz CT molecular complexity index is 254. The Morgan fingerprint density at radius 1 is 1.50 bits per heavy atom. The van der Waals surface area contributed by atoms with E-state index >= 15 is 0 Å². The fourth-order valence-corrected chi connectivity index (χ4v) is 3.31. The van der Waals surface area contributed by atoms with Gasteiger partial charge in [-0.05, 0) is 6.92 Å². The van der Waals surface area contributed by atoms with E-state index in [1.165, 1.54) is 4.50 Å². The van der Waals surface area contributed by atoms with E-state index in [-0.39, 0.29) is 0 Å². The average molecular weight is 201 g/mol. The van der Waals surface area contributed by atoms with Crippen LogP contribution in [0.4, 0.5) is 0 Å². The highest BCUT2D eigenvalue weighted by atomic mass is 32.1. The minimum Gasteiger partial charge on any atom is -0.470 e. The number of nitrogens with zero attached hydrogens (tertiary/aromatic N) is 1. The van der Waals surface area contributed by atoms with Gasteiger partial charge in [-0.1, -0.05) is 31.0 Å². The first kappa shape index (κ1) is 9.73. The van der Waals surface area contributed by atoms with Gasteiger partial charge in [0.05, 0.1) is 14.7 Å². The van der Waals surface area contributed by atoms with Crippen molar-refractivity contribution in [2.45, 2.75) is 26.6 Å². The van der Waals surface area contributed by atoms with Crippen LogP contribution >= 0.6 is 11.3 Å². The Hall–Kier alpha value is -0.353. The fourth-order valence-electron chi connectivity index (χ4n) is 0.795. The highest BCUT2D eigenvalue weighted by molar-refractivity contribution is 7.27. The van der Waals surface area contributed by atoms with Gasteiger partial charge in [0.2, 0.25) is 0 Å². The molecule has 0 amide bonds. The van der Waals surface area contributed by atoms with Crippen molar-refractivity contribution in [2.75, 3.05) is 6.61 Å². The second kappa shape index (κ2) is 3.58. The lowest BCUT2D eigenvalue weighted by atomic mass is 10.9. The molecule has 2 nitrogen and oxygen atoms in total. The molecular weight excluding hydrogens is 186 g/mol. The third kappa shape index (κ3) is 2.32. The molecule has 0 aliphatic carbocycles. The van der Waals surface area contributed by atoms with Crippen LogP contribution in [0.2, 0.25) is 19.6 Å². The number of ether oxygens (including phenoxy) is 1. The zero-order chi connectivity index (χ0) is 9.19. The zero-order valence-corrected chi connectivity index (χ0v) is 9.86. The molecular formula is C8H15NOSSi. The smallest absolute Gasteiger partial charge is 0.272 e. The molecule has 1 heterocycles. The van der Waals surface area contributed by atoms with Gasteiger partial charge in [0, 0.05) is 10.7 Å². The van der Waals surface area contributed by atoms with E-state index in [1.807, 2.05) is 13.1 Å². The molecule has 0 radical (unpaired) electrons. The molecule has 12 heavy (non-hydrogen) atoms. The van der Waals surface area contributed by atoms with Crippen molar-refractivity contribution < 1.29 is 4.74 Å². The molecule has 0 saturated heterocycles. The maximum Gasteiger partial charge on any atom is 0.272 e. The van der Waals surface area contributed by atoms with Crippen molar-refractivity contribution in [3.05, 3.63) is 6.20 Å². The van der Waals surface area contributed by atoms with E-state index in [4.69, 9.17) is 4.74 Å². The van der Waals surface area contributed by atoms with Gasteiger partial charge in [0.15, 0.2) is 0 Å². The number of thiazole rings is 1. The maximum atomic E-state index is 5.31. The van der Waals surface area contributed by atoms with Crippen LogP contribution in [0.1, 0.15) is 6.92 Å². The van der Waals surface area contributed by atoms with Gasteiger partial charge in [-0.2, -0.15) is 0 Å². The Kier molecular flexibility index (Phi) is 2.90. The number of rotatable bonds is 3. The highest BCUT2D eigenvalue weighted by Gasteiger charge is 2.19. The van der Waals surface area contributed by atoms with Gasteiger partial charge in [-0.3, -0.25) is 0 Å². The molecule has 1 aromatic heterocycles. The van der Waals surface area contributed by atoms with Gasteiger partial charge in [0.1, 0.15) is 0 Å². The van der Waals surface area contributed by atoms with Crippen LogP contribution in [0.3, 0.4) is 0 Å². The van der Waals surface area contributed by atoms with Crippen LogP contribution in [0.25, 0.3) is 0 Å². The summed E-state index contributed by atoms with van der Waals surface area (Å²) in [7, 11) is -1.17. The van der Waals surface area contributed by atoms with Gasteiger partial charge >= 0.3 is 0 Å². The van der Waals surface area contributed by atoms with Crippen LogP contribution in [0.15, 0.2) is 6.20 Å². The van der Waals surface area contributed by atoms with Gasteiger partial charge in [0.25, 0.3) is 5.19 Å². The number of hydrogen-bond donors (Lipinski definition) is 0. The van der Waals surface area contributed by atoms with Gasteiger partial charge in [-0.25, -0.2) is 4.98 Å². The third-order valence-electron chi connectivity index (χ3n) is 1.49. The summed E-state index contributed by atoms with van der Waals surface area (Å²) in [4.78, 5) is 4.20. The first-order chi connectivity index (χ1) is 5.54. The molecule has 4 heteroatoms. The van der Waals surface area contributed by atoms with E-state index in [0.717, 1.165) is 5.19 Å². The summed E-state index contributed by atoms with van der Waals surface area (Å²) >= 11 is 1.69. The highest BCUT2D eigenvalue weighted by Crippen LogP contribution is 2.16. The van der Waals surface area contributed by atoms with E-state index in [1.54, 1.807) is 11.3 Å². The number of aromatic nitrogens is 1. The lowest BCUT2D eigenvalue weighted by Crippen LogP contribution is -2.34. The first-order valence-corrected chi connectivity index (χ1v) is 8.45. The summed E-state index contributed by atoms with van der Waals surface area (Å²) in [6.07, 6.45) is 1.96. The summed E-state index contributed by atoms with van der Waals surface area (Å²) in [5.41, 5.74) is 0. The molecule has 0 spiro atoms. The van der Waals surface area contributed by atoms with E-state index in [9.17, 15) is 0 Å². The lowest BCUT2D eigenvalue weighted by molar-refractivity contribution is 0.338. The van der Waals surface area contributed by atoms with Gasteiger partial charge in [-0.15, -0.1) is 0 Å². The molecule has 68 valence electrons. The molecule has 0 unspecified atom stereocenters. The largest absolute Gasteiger partial charge is 0.470 e. The molecule has 0 saturated carbocycles. The van der Waals surface area contributed by atoms with Crippen LogP contribution in [-0.4, -0.2) is 19.7 Å². The first-order valence-electron chi connectivity index (χ1n) is 4.13. The Morgan fingerprint density at radius 3 is 2.58 bits per heavy atom. The van der Waals surface area contributed by atoms with Crippen LogP contribution < -0.4 is 9.24 Å². The topological polar surface area (TPSA) is 22.1 Å². The fraction of sp³-hybridized carbons (Fsp3) is 0.625. The monoisotopic (exact) mass is 201 g/mol. The molecule has 0 bridgehead atoms. The second-order valence-electron chi connectivity index (χ2n) is 3.67. The molecule has 0 fully saturated rings. The van der Waals surface area contributed by atoms with Gasteiger partial charge < -0.3 is 4.74 Å². The van der Waals surface area contributed by atoms with Crippen LogP contribution in [0, 0.1) is 0 Å². The quantitative estimate of drug-likeness (QED) is 0.699. The van der Waals surface area contributed by atoms with E-state index in [0.29, 0.717) is 6.61 Å². The van der Waals surface area contributed by atoms with Crippen molar-refractivity contribution >= 4 is 23.9 Å². The third-order valence-corrected chi connectivity index (χ3v) is 5.97. The summed E-state index contributed by atoms with van der Waals surface area (Å²) in [5, 5.41) is 0.815. The van der Waals surface area contributed by atoms with Crippen LogP contribution in [-0.2, 0) is 0 Å². The molecule has 1 rings (SSSR count). The summed E-state index contributed by atoms with van der Waals surface area (Å²) in [6.45, 7) is 9.64. The Labute approximate surface area is 78.6 Å². The molecule has 0 atom stereocenters. The van der Waals surface area contributed by atoms with Crippen molar-refractivity contribution in [1.29, 1.82) is 0 Å². The summed E-state index contributed by atoms with van der Waals surface area (Å²) < 4.78 is 6.72. The predicted molar refractivity (Wildman–Crippen MR) is 56.3 cm³/mol. The van der Waals surface area contributed by atoms with Crippen molar-refractivity contribution in [3.8, 4) is 5.19 Å². The maximum absolute atomic E-state index is 5.31. The Morgan fingerprint density at radius 2 is 2.17 bits per heavy atom. The van der Waals surface area contributed by atoms with Crippen LogP contribution in [0.5, 0.6) is 5.19 Å². The van der Waals surface area contributed by atoms with Crippen molar-refractivity contribution in [1.82, 2.24) is 4.98 Å². The molecule has 1 aromatic rings. The molecule has 0 N–H and O–H groups in total. The second-order valence-corrected chi connectivity index (χ2v) is 10.1. The van der Waals surface area contributed by atoms with Crippen molar-refractivity contribution in [3.63, 3.8) is 0 Å². The molecule has 0 aliphatic rings.